The van der Waals surface area contributed by atoms with Crippen molar-refractivity contribution in [1.82, 2.24) is 0 Å². The van der Waals surface area contributed by atoms with Gasteiger partial charge < -0.3 is 0 Å². The SMILES string of the molecule is CC(C)C(C)[C@@H](C)C(C)(C)[C@H](C)C1[C@@H](C)C[P@]1C. The molecule has 0 nitrogen and oxygen atoms in total. The molecule has 0 bridgehead atoms. The number of hydrogen-bond acceptors (Lipinski definition) is 0. The van der Waals surface area contributed by atoms with E-state index < -0.39 is 0 Å². The monoisotopic (exact) mass is 270 g/mol. The molecule has 1 saturated heterocycles. The van der Waals surface area contributed by atoms with Gasteiger partial charge in [0.15, 0.2) is 0 Å². The van der Waals surface area contributed by atoms with Crippen LogP contribution >= 0.6 is 7.92 Å². The summed E-state index contributed by atoms with van der Waals surface area (Å²) in [5, 5.41) is 0. The Morgan fingerprint density at radius 1 is 1.06 bits per heavy atom. The second kappa shape index (κ2) is 5.82. The molecule has 18 heavy (non-hydrogen) atoms. The Balaban J connectivity index is 2.78. The molecule has 1 heteroatoms. The minimum atomic E-state index is 0.316. The van der Waals surface area contributed by atoms with Crippen LogP contribution in [0.25, 0.3) is 0 Å². The first-order valence-electron chi connectivity index (χ1n) is 7.80. The molecule has 1 aliphatic heterocycles. The van der Waals surface area contributed by atoms with E-state index in [-0.39, 0.29) is 0 Å². The Hall–Kier alpha value is 0.430. The minimum absolute atomic E-state index is 0.316. The summed E-state index contributed by atoms with van der Waals surface area (Å²) in [6.07, 6.45) is 1.51. The molecule has 1 heterocycles. The third kappa shape index (κ3) is 2.95. The molecule has 0 amide bonds. The average Bonchev–Trinajstić information content (AvgIpc) is 2.26. The predicted octanol–water partition coefficient (Wildman–Crippen LogP) is 5.71. The van der Waals surface area contributed by atoms with Crippen LogP contribution in [0.5, 0.6) is 0 Å². The lowest BCUT2D eigenvalue weighted by molar-refractivity contribution is 0.0651. The van der Waals surface area contributed by atoms with Crippen molar-refractivity contribution in [3.8, 4) is 0 Å². The summed E-state index contributed by atoms with van der Waals surface area (Å²) in [5.74, 6) is 4.27. The van der Waals surface area contributed by atoms with E-state index in [0.29, 0.717) is 13.3 Å². The number of hydrogen-bond donors (Lipinski definition) is 0. The predicted molar refractivity (Wildman–Crippen MR) is 86.8 cm³/mol. The van der Waals surface area contributed by atoms with Crippen molar-refractivity contribution in [3.63, 3.8) is 0 Å². The van der Waals surface area contributed by atoms with Crippen LogP contribution in [0.1, 0.15) is 55.4 Å². The summed E-state index contributed by atoms with van der Waals surface area (Å²) in [6.45, 7) is 22.2. The fourth-order valence-corrected chi connectivity index (χ4v) is 7.07. The van der Waals surface area contributed by atoms with Gasteiger partial charge in [-0.25, -0.2) is 0 Å². The van der Waals surface area contributed by atoms with Crippen LogP contribution in [0, 0.1) is 35.0 Å². The highest BCUT2D eigenvalue weighted by Crippen LogP contribution is 2.61. The van der Waals surface area contributed by atoms with Gasteiger partial charge in [-0.1, -0.05) is 55.4 Å². The smallest absolute Gasteiger partial charge is 0.0152 e. The van der Waals surface area contributed by atoms with E-state index in [9.17, 15) is 0 Å². The van der Waals surface area contributed by atoms with Gasteiger partial charge in [-0.3, -0.25) is 0 Å². The third-order valence-electron chi connectivity index (χ3n) is 6.37. The van der Waals surface area contributed by atoms with Crippen LogP contribution in [-0.2, 0) is 0 Å². The Morgan fingerprint density at radius 2 is 1.56 bits per heavy atom. The van der Waals surface area contributed by atoms with Crippen LogP contribution in [-0.4, -0.2) is 18.5 Å². The van der Waals surface area contributed by atoms with E-state index in [1.165, 1.54) is 6.16 Å². The van der Waals surface area contributed by atoms with E-state index in [0.717, 1.165) is 35.2 Å². The summed E-state index contributed by atoms with van der Waals surface area (Å²) >= 11 is 0. The Kier molecular flexibility index (Phi) is 5.33. The van der Waals surface area contributed by atoms with Crippen LogP contribution in [0.4, 0.5) is 0 Å². The summed E-state index contributed by atoms with van der Waals surface area (Å²) in [4.78, 5) is 0. The minimum Gasteiger partial charge on any atom is -0.106 e. The molecule has 0 spiro atoms. The first kappa shape index (κ1) is 16.5. The summed E-state index contributed by atoms with van der Waals surface area (Å²) in [6, 6.07) is 0. The van der Waals surface area contributed by atoms with E-state index in [1.54, 1.807) is 0 Å². The average molecular weight is 270 g/mol. The first-order valence-corrected chi connectivity index (χ1v) is 9.85. The van der Waals surface area contributed by atoms with Gasteiger partial charge >= 0.3 is 0 Å². The fourth-order valence-electron chi connectivity index (χ4n) is 3.96. The largest absolute Gasteiger partial charge is 0.106 e. The van der Waals surface area contributed by atoms with Crippen molar-refractivity contribution in [2.75, 3.05) is 12.8 Å². The van der Waals surface area contributed by atoms with Gasteiger partial charge in [0.05, 0.1) is 0 Å². The van der Waals surface area contributed by atoms with Gasteiger partial charge in [0.1, 0.15) is 0 Å². The van der Waals surface area contributed by atoms with Crippen LogP contribution in [0.2, 0.25) is 0 Å². The molecule has 0 N–H and O–H groups in total. The Morgan fingerprint density at radius 3 is 1.89 bits per heavy atom. The van der Waals surface area contributed by atoms with Gasteiger partial charge in [-0.2, -0.15) is 0 Å². The fraction of sp³-hybridized carbons (Fsp3) is 1.00. The van der Waals surface area contributed by atoms with Crippen LogP contribution < -0.4 is 0 Å². The van der Waals surface area contributed by atoms with E-state index in [2.05, 4.69) is 62.1 Å². The Labute approximate surface area is 117 Å². The van der Waals surface area contributed by atoms with Gasteiger partial charge in [0, 0.05) is 0 Å². The van der Waals surface area contributed by atoms with E-state index in [4.69, 9.17) is 0 Å². The van der Waals surface area contributed by atoms with Crippen LogP contribution in [0.15, 0.2) is 0 Å². The lowest BCUT2D eigenvalue weighted by Crippen LogP contribution is -2.46. The normalized spacial score (nSPS) is 34.0. The second-order valence-electron chi connectivity index (χ2n) is 7.91. The van der Waals surface area contributed by atoms with Gasteiger partial charge in [0.25, 0.3) is 0 Å². The zero-order valence-electron chi connectivity index (χ0n) is 14.1. The van der Waals surface area contributed by atoms with E-state index in [1.807, 2.05) is 0 Å². The molecular weight excluding hydrogens is 235 g/mol. The maximum atomic E-state index is 2.53. The van der Waals surface area contributed by atoms with Crippen LogP contribution in [0.3, 0.4) is 0 Å². The molecular formula is C17H35P. The molecule has 0 aliphatic carbocycles. The van der Waals surface area contributed by atoms with Crippen molar-refractivity contribution in [1.29, 1.82) is 0 Å². The lowest BCUT2D eigenvalue weighted by atomic mass is 9.62. The van der Waals surface area contributed by atoms with Gasteiger partial charge in [-0.05, 0) is 53.5 Å². The zero-order chi connectivity index (χ0) is 14.2. The molecule has 0 aromatic carbocycles. The van der Waals surface area contributed by atoms with Crippen molar-refractivity contribution in [2.24, 2.45) is 35.0 Å². The standard InChI is InChI=1S/C17H35P/c1-11(2)13(4)14(5)17(7,8)15(6)16-12(3)10-18(16)9/h11-16H,10H2,1-9H3/t12-,13?,14+,15+,16?,18-/m0/s1. The zero-order valence-corrected chi connectivity index (χ0v) is 15.0. The quantitative estimate of drug-likeness (QED) is 0.561. The van der Waals surface area contributed by atoms with E-state index >= 15 is 0 Å². The maximum Gasteiger partial charge on any atom is -0.0152 e. The van der Waals surface area contributed by atoms with Crippen molar-refractivity contribution < 1.29 is 0 Å². The van der Waals surface area contributed by atoms with Gasteiger partial charge in [-0.15, -0.1) is 7.92 Å². The molecule has 6 atom stereocenters. The second-order valence-corrected chi connectivity index (χ2v) is 10.4. The highest BCUT2D eigenvalue weighted by Gasteiger charge is 2.46. The molecule has 0 aromatic rings. The maximum absolute atomic E-state index is 2.53. The Bertz CT molecular complexity index is 261. The molecule has 1 rings (SSSR count). The molecule has 108 valence electrons. The molecule has 2 unspecified atom stereocenters. The van der Waals surface area contributed by atoms with Crippen molar-refractivity contribution >= 4 is 7.92 Å². The highest BCUT2D eigenvalue weighted by atomic mass is 31.1. The number of rotatable bonds is 5. The first-order chi connectivity index (χ1) is 8.10. The molecule has 0 aromatic heterocycles. The van der Waals surface area contributed by atoms with Gasteiger partial charge in [0.2, 0.25) is 0 Å². The summed E-state index contributed by atoms with van der Waals surface area (Å²) < 4.78 is 0. The molecule has 0 saturated carbocycles. The molecule has 1 fully saturated rings. The lowest BCUT2D eigenvalue weighted by Gasteiger charge is -2.53. The summed E-state index contributed by atoms with van der Waals surface area (Å²) in [7, 11) is 0.316. The highest BCUT2D eigenvalue weighted by molar-refractivity contribution is 7.59. The molecule has 0 radical (unpaired) electrons. The third-order valence-corrected chi connectivity index (χ3v) is 9.49. The topological polar surface area (TPSA) is 0 Å². The molecule has 1 aliphatic rings. The van der Waals surface area contributed by atoms with Crippen molar-refractivity contribution in [3.05, 3.63) is 0 Å². The van der Waals surface area contributed by atoms with Crippen molar-refractivity contribution in [2.45, 2.75) is 61.0 Å². The summed E-state index contributed by atoms with van der Waals surface area (Å²) in [5.41, 5.74) is 1.48.